The van der Waals surface area contributed by atoms with Gasteiger partial charge in [-0.3, -0.25) is 0 Å². The van der Waals surface area contributed by atoms with Crippen LogP contribution in [0.4, 0.5) is 4.79 Å². The largest absolute Gasteiger partial charge is 0.480 e. The van der Waals surface area contributed by atoms with Gasteiger partial charge < -0.3 is 15.7 Å². The van der Waals surface area contributed by atoms with Crippen LogP contribution < -0.4 is 10.6 Å². The Balaban J connectivity index is 2.21. The Labute approximate surface area is 101 Å². The zero-order valence-electron chi connectivity index (χ0n) is 9.79. The van der Waals surface area contributed by atoms with E-state index in [2.05, 4.69) is 16.6 Å². The maximum atomic E-state index is 11.5. The third-order valence-electron chi connectivity index (χ3n) is 3.00. The number of carbonyl (C=O) groups is 2. The number of terminal acetylenes is 1. The Morgan fingerprint density at radius 3 is 2.53 bits per heavy atom. The molecule has 0 radical (unpaired) electrons. The van der Waals surface area contributed by atoms with Crippen LogP contribution in [-0.4, -0.2) is 29.2 Å². The molecule has 0 aromatic heterocycles. The van der Waals surface area contributed by atoms with Crippen molar-refractivity contribution in [1.82, 2.24) is 10.6 Å². The fraction of sp³-hybridized carbons (Fsp3) is 0.667. The van der Waals surface area contributed by atoms with Gasteiger partial charge in [-0.15, -0.1) is 12.3 Å². The minimum atomic E-state index is -1.04. The van der Waals surface area contributed by atoms with Crippen LogP contribution in [0.2, 0.25) is 0 Å². The van der Waals surface area contributed by atoms with Crippen LogP contribution in [0.25, 0.3) is 0 Å². The van der Waals surface area contributed by atoms with Crippen molar-refractivity contribution >= 4 is 12.0 Å². The molecule has 1 fully saturated rings. The predicted octanol–water partition coefficient (Wildman–Crippen LogP) is 1.10. The second-order valence-electron chi connectivity index (χ2n) is 4.28. The number of rotatable bonds is 6. The fourth-order valence-electron chi connectivity index (χ4n) is 1.74. The van der Waals surface area contributed by atoms with Crippen LogP contribution in [-0.2, 0) is 4.79 Å². The highest BCUT2D eigenvalue weighted by molar-refractivity contribution is 5.87. The van der Waals surface area contributed by atoms with E-state index in [4.69, 9.17) is 11.5 Å². The summed E-state index contributed by atoms with van der Waals surface area (Å²) in [6.07, 6.45) is 9.32. The van der Waals surface area contributed by atoms with Crippen molar-refractivity contribution in [2.75, 3.05) is 6.54 Å². The maximum Gasteiger partial charge on any atom is 0.329 e. The molecule has 2 amide bonds. The van der Waals surface area contributed by atoms with Crippen molar-refractivity contribution in [3.63, 3.8) is 0 Å². The van der Waals surface area contributed by atoms with Crippen LogP contribution >= 0.6 is 0 Å². The standard InChI is InChI=1S/C12H18N2O3/c1-2-3-4-5-9-13-11(17)14-12(10(15)16)7-6-8-12/h1H,3-9H2,(H,15,16)(H2,13,14,17). The van der Waals surface area contributed by atoms with Crippen molar-refractivity contribution in [1.29, 1.82) is 0 Å². The molecule has 0 aromatic rings. The lowest BCUT2D eigenvalue weighted by Gasteiger charge is -2.38. The Hall–Kier alpha value is -1.70. The molecular formula is C12H18N2O3. The third kappa shape index (κ3) is 3.66. The minimum absolute atomic E-state index is 0.409. The van der Waals surface area contributed by atoms with Gasteiger partial charge in [0.2, 0.25) is 0 Å². The van der Waals surface area contributed by atoms with Crippen molar-refractivity contribution in [2.24, 2.45) is 0 Å². The number of carboxylic acid groups (broad SMARTS) is 1. The van der Waals surface area contributed by atoms with Gasteiger partial charge in [-0.25, -0.2) is 9.59 Å². The number of hydrogen-bond donors (Lipinski definition) is 3. The molecule has 0 bridgehead atoms. The molecule has 0 aliphatic heterocycles. The maximum absolute atomic E-state index is 11.5. The Morgan fingerprint density at radius 2 is 2.06 bits per heavy atom. The molecule has 1 rings (SSSR count). The van der Waals surface area contributed by atoms with E-state index in [0.29, 0.717) is 25.8 Å². The average molecular weight is 238 g/mol. The summed E-state index contributed by atoms with van der Waals surface area (Å²) in [7, 11) is 0. The summed E-state index contributed by atoms with van der Waals surface area (Å²) in [5.74, 6) is 1.57. The molecule has 5 heteroatoms. The van der Waals surface area contributed by atoms with E-state index >= 15 is 0 Å². The second kappa shape index (κ2) is 6.14. The van der Waals surface area contributed by atoms with Crippen LogP contribution in [0, 0.1) is 12.3 Å². The van der Waals surface area contributed by atoms with Gasteiger partial charge in [0.15, 0.2) is 0 Å². The molecule has 0 unspecified atom stereocenters. The van der Waals surface area contributed by atoms with Crippen molar-refractivity contribution in [3.05, 3.63) is 0 Å². The predicted molar refractivity (Wildman–Crippen MR) is 63.4 cm³/mol. The number of urea groups is 1. The molecule has 3 N–H and O–H groups in total. The van der Waals surface area contributed by atoms with Crippen LogP contribution in [0.15, 0.2) is 0 Å². The van der Waals surface area contributed by atoms with Gasteiger partial charge in [-0.05, 0) is 32.1 Å². The first-order valence-corrected chi connectivity index (χ1v) is 5.83. The summed E-state index contributed by atoms with van der Waals surface area (Å²) in [5.41, 5.74) is -1.04. The van der Waals surface area contributed by atoms with E-state index < -0.39 is 17.5 Å². The molecule has 94 valence electrons. The molecule has 0 saturated heterocycles. The van der Waals surface area contributed by atoms with E-state index in [9.17, 15) is 9.59 Å². The van der Waals surface area contributed by atoms with Gasteiger partial charge >= 0.3 is 12.0 Å². The van der Waals surface area contributed by atoms with E-state index in [1.54, 1.807) is 0 Å². The van der Waals surface area contributed by atoms with E-state index in [1.165, 1.54) is 0 Å². The average Bonchev–Trinajstić information content (AvgIpc) is 2.22. The van der Waals surface area contributed by atoms with Gasteiger partial charge in [-0.2, -0.15) is 0 Å². The SMILES string of the molecule is C#CCCCCNC(=O)NC1(C(=O)O)CCC1. The molecule has 5 nitrogen and oxygen atoms in total. The number of carbonyl (C=O) groups excluding carboxylic acids is 1. The monoisotopic (exact) mass is 238 g/mol. The first kappa shape index (κ1) is 13.4. The highest BCUT2D eigenvalue weighted by Gasteiger charge is 2.45. The summed E-state index contributed by atoms with van der Waals surface area (Å²) in [6, 6.07) is -0.409. The Kier molecular flexibility index (Phi) is 4.83. The van der Waals surface area contributed by atoms with Crippen LogP contribution in [0.5, 0.6) is 0 Å². The van der Waals surface area contributed by atoms with Gasteiger partial charge in [-0.1, -0.05) is 0 Å². The normalized spacial score (nSPS) is 16.4. The minimum Gasteiger partial charge on any atom is -0.480 e. The summed E-state index contributed by atoms with van der Waals surface area (Å²) in [4.78, 5) is 22.5. The lowest BCUT2D eigenvalue weighted by molar-refractivity contribution is -0.148. The van der Waals surface area contributed by atoms with E-state index in [-0.39, 0.29) is 0 Å². The molecule has 1 saturated carbocycles. The van der Waals surface area contributed by atoms with E-state index in [1.807, 2.05) is 0 Å². The number of aliphatic carboxylic acids is 1. The van der Waals surface area contributed by atoms with Gasteiger partial charge in [0.25, 0.3) is 0 Å². The zero-order chi connectivity index (χ0) is 12.7. The highest BCUT2D eigenvalue weighted by Crippen LogP contribution is 2.31. The molecule has 1 aliphatic carbocycles. The van der Waals surface area contributed by atoms with Crippen molar-refractivity contribution in [3.8, 4) is 12.3 Å². The molecule has 0 aromatic carbocycles. The van der Waals surface area contributed by atoms with E-state index in [0.717, 1.165) is 19.3 Å². The Bertz CT molecular complexity index is 329. The second-order valence-corrected chi connectivity index (χ2v) is 4.28. The summed E-state index contributed by atoms with van der Waals surface area (Å²) in [6.45, 7) is 0.517. The number of amides is 2. The number of nitrogens with one attached hydrogen (secondary N) is 2. The lowest BCUT2D eigenvalue weighted by Crippen LogP contribution is -2.61. The molecular weight excluding hydrogens is 220 g/mol. The lowest BCUT2D eigenvalue weighted by atomic mass is 9.77. The third-order valence-corrected chi connectivity index (χ3v) is 3.00. The molecule has 0 heterocycles. The van der Waals surface area contributed by atoms with Crippen molar-refractivity contribution < 1.29 is 14.7 Å². The first-order chi connectivity index (χ1) is 8.10. The Morgan fingerprint density at radius 1 is 1.35 bits per heavy atom. The van der Waals surface area contributed by atoms with Gasteiger partial charge in [0.05, 0.1) is 0 Å². The number of hydrogen-bond acceptors (Lipinski definition) is 2. The van der Waals surface area contributed by atoms with Crippen molar-refractivity contribution in [2.45, 2.75) is 44.1 Å². The highest BCUT2D eigenvalue weighted by atomic mass is 16.4. The summed E-state index contributed by atoms with van der Waals surface area (Å²) >= 11 is 0. The first-order valence-electron chi connectivity index (χ1n) is 5.83. The zero-order valence-corrected chi connectivity index (χ0v) is 9.79. The molecule has 1 aliphatic rings. The molecule has 17 heavy (non-hydrogen) atoms. The van der Waals surface area contributed by atoms with Gasteiger partial charge in [0.1, 0.15) is 5.54 Å². The van der Waals surface area contributed by atoms with Crippen LogP contribution in [0.3, 0.4) is 0 Å². The van der Waals surface area contributed by atoms with Crippen LogP contribution in [0.1, 0.15) is 38.5 Å². The number of unbranched alkanes of at least 4 members (excludes halogenated alkanes) is 2. The summed E-state index contributed by atoms with van der Waals surface area (Å²) < 4.78 is 0. The van der Waals surface area contributed by atoms with Gasteiger partial charge in [0, 0.05) is 13.0 Å². The topological polar surface area (TPSA) is 78.4 Å². The smallest absolute Gasteiger partial charge is 0.329 e. The fourth-order valence-corrected chi connectivity index (χ4v) is 1.74. The quantitative estimate of drug-likeness (QED) is 0.479. The molecule has 0 spiro atoms. The molecule has 0 atom stereocenters. The number of carboxylic acids is 1. The summed E-state index contributed by atoms with van der Waals surface area (Å²) in [5, 5.41) is 14.2.